The van der Waals surface area contributed by atoms with Crippen molar-refractivity contribution in [2.24, 2.45) is 5.92 Å². The zero-order valence-electron chi connectivity index (χ0n) is 10.5. The highest BCUT2D eigenvalue weighted by Crippen LogP contribution is 2.24. The van der Waals surface area contributed by atoms with Gasteiger partial charge < -0.3 is 5.11 Å². The summed E-state index contributed by atoms with van der Waals surface area (Å²) in [6.07, 6.45) is 1.61. The van der Waals surface area contributed by atoms with Gasteiger partial charge in [-0.2, -0.15) is 0 Å². The van der Waals surface area contributed by atoms with E-state index in [2.05, 4.69) is 6.92 Å². The zero-order valence-corrected chi connectivity index (χ0v) is 10.5. The van der Waals surface area contributed by atoms with E-state index in [9.17, 15) is 14.3 Å². The van der Waals surface area contributed by atoms with Crippen LogP contribution in [-0.2, 0) is 11.3 Å². The smallest absolute Gasteiger partial charge is 0.320 e. The lowest BCUT2D eigenvalue weighted by Crippen LogP contribution is -2.46. The highest BCUT2D eigenvalue weighted by molar-refractivity contribution is 5.73. The van der Waals surface area contributed by atoms with E-state index in [1.807, 2.05) is 4.90 Å². The summed E-state index contributed by atoms with van der Waals surface area (Å²) in [5.74, 6) is -0.652. The van der Waals surface area contributed by atoms with Gasteiger partial charge in [0.15, 0.2) is 0 Å². The van der Waals surface area contributed by atoms with Crippen LogP contribution in [0.2, 0.25) is 0 Å². The van der Waals surface area contributed by atoms with E-state index >= 15 is 0 Å². The molecule has 4 heteroatoms. The lowest BCUT2D eigenvalue weighted by atomic mass is 9.92. The first-order valence-corrected chi connectivity index (χ1v) is 6.28. The SMILES string of the molecule is C[C@@H]1CCN(Cc2ccccc2F)[C@@H](C(=O)O)C1. The molecule has 1 aliphatic heterocycles. The topological polar surface area (TPSA) is 40.5 Å². The molecule has 18 heavy (non-hydrogen) atoms. The molecule has 0 bridgehead atoms. The molecule has 0 unspecified atom stereocenters. The van der Waals surface area contributed by atoms with Crippen molar-refractivity contribution in [2.45, 2.75) is 32.4 Å². The van der Waals surface area contributed by atoms with Crippen LogP contribution in [-0.4, -0.2) is 28.6 Å². The average Bonchev–Trinajstić information content (AvgIpc) is 2.34. The third kappa shape index (κ3) is 2.88. The monoisotopic (exact) mass is 251 g/mol. The Hall–Kier alpha value is -1.42. The number of halogens is 1. The minimum Gasteiger partial charge on any atom is -0.480 e. The predicted octanol–water partition coefficient (Wildman–Crippen LogP) is 2.51. The van der Waals surface area contributed by atoms with Gasteiger partial charge in [0, 0.05) is 12.1 Å². The summed E-state index contributed by atoms with van der Waals surface area (Å²) in [5.41, 5.74) is 0.568. The van der Waals surface area contributed by atoms with Crippen LogP contribution in [0.25, 0.3) is 0 Å². The van der Waals surface area contributed by atoms with Gasteiger partial charge in [0.2, 0.25) is 0 Å². The molecule has 98 valence electrons. The number of hydrogen-bond acceptors (Lipinski definition) is 2. The van der Waals surface area contributed by atoms with Crippen LogP contribution in [0.3, 0.4) is 0 Å². The lowest BCUT2D eigenvalue weighted by molar-refractivity contribution is -0.145. The first-order valence-electron chi connectivity index (χ1n) is 6.28. The number of rotatable bonds is 3. The minimum absolute atomic E-state index is 0.264. The number of nitrogens with zero attached hydrogens (tertiary/aromatic N) is 1. The highest BCUT2D eigenvalue weighted by Gasteiger charge is 2.31. The number of carboxylic acid groups (broad SMARTS) is 1. The quantitative estimate of drug-likeness (QED) is 0.897. The van der Waals surface area contributed by atoms with Crippen LogP contribution in [0.1, 0.15) is 25.3 Å². The van der Waals surface area contributed by atoms with Gasteiger partial charge in [0.1, 0.15) is 11.9 Å². The largest absolute Gasteiger partial charge is 0.480 e. The molecule has 0 aromatic heterocycles. The molecule has 1 aliphatic rings. The van der Waals surface area contributed by atoms with Crippen molar-refractivity contribution in [3.8, 4) is 0 Å². The Labute approximate surface area is 106 Å². The summed E-state index contributed by atoms with van der Waals surface area (Å²) in [6, 6.07) is 6.06. The Morgan fingerprint density at radius 3 is 2.89 bits per heavy atom. The van der Waals surface area contributed by atoms with E-state index in [0.717, 1.165) is 6.42 Å². The number of benzene rings is 1. The molecule has 0 spiro atoms. The number of piperidine rings is 1. The summed E-state index contributed by atoms with van der Waals surface area (Å²) >= 11 is 0. The average molecular weight is 251 g/mol. The Morgan fingerprint density at radius 1 is 1.50 bits per heavy atom. The van der Waals surface area contributed by atoms with Gasteiger partial charge in [0.25, 0.3) is 0 Å². The Bertz CT molecular complexity index is 436. The van der Waals surface area contributed by atoms with Crippen molar-refractivity contribution in [3.63, 3.8) is 0 Å². The molecule has 1 fully saturated rings. The molecule has 0 aliphatic carbocycles. The fraction of sp³-hybridized carbons (Fsp3) is 0.500. The van der Waals surface area contributed by atoms with Crippen LogP contribution < -0.4 is 0 Å². The van der Waals surface area contributed by atoms with E-state index < -0.39 is 12.0 Å². The molecule has 0 saturated carbocycles. The number of likely N-dealkylation sites (tertiary alicyclic amines) is 1. The van der Waals surface area contributed by atoms with E-state index in [0.29, 0.717) is 31.0 Å². The summed E-state index contributed by atoms with van der Waals surface area (Å²) in [5, 5.41) is 9.24. The van der Waals surface area contributed by atoms with Crippen LogP contribution in [0, 0.1) is 11.7 Å². The molecular formula is C14H18FNO2. The third-order valence-electron chi connectivity index (χ3n) is 3.59. The second-order valence-electron chi connectivity index (χ2n) is 5.05. The zero-order chi connectivity index (χ0) is 13.1. The fourth-order valence-electron chi connectivity index (χ4n) is 2.48. The summed E-state index contributed by atoms with van der Waals surface area (Å²) < 4.78 is 13.6. The maximum atomic E-state index is 13.6. The van der Waals surface area contributed by atoms with Crippen molar-refractivity contribution in [3.05, 3.63) is 35.6 Å². The molecular weight excluding hydrogens is 233 g/mol. The van der Waals surface area contributed by atoms with Gasteiger partial charge in [-0.05, 0) is 31.4 Å². The summed E-state index contributed by atoms with van der Waals surface area (Å²) in [7, 11) is 0. The number of aliphatic carboxylic acids is 1. The second kappa shape index (κ2) is 5.48. The van der Waals surface area contributed by atoms with Gasteiger partial charge in [-0.15, -0.1) is 0 Å². The van der Waals surface area contributed by atoms with Crippen molar-refractivity contribution in [1.29, 1.82) is 0 Å². The molecule has 2 atom stereocenters. The highest BCUT2D eigenvalue weighted by atomic mass is 19.1. The van der Waals surface area contributed by atoms with Crippen LogP contribution in [0.5, 0.6) is 0 Å². The Balaban J connectivity index is 2.12. The normalized spacial score (nSPS) is 25.0. The molecule has 2 rings (SSSR count). The van der Waals surface area contributed by atoms with E-state index in [4.69, 9.17) is 0 Å². The summed E-state index contributed by atoms with van der Waals surface area (Å²) in [6.45, 7) is 3.15. The lowest BCUT2D eigenvalue weighted by Gasteiger charge is -2.36. The van der Waals surface area contributed by atoms with Crippen LogP contribution in [0.15, 0.2) is 24.3 Å². The van der Waals surface area contributed by atoms with Gasteiger partial charge in [-0.1, -0.05) is 25.1 Å². The molecule has 1 heterocycles. The first kappa shape index (κ1) is 13.0. The standard InChI is InChI=1S/C14H18FNO2/c1-10-6-7-16(13(8-10)14(17)18)9-11-4-2-3-5-12(11)15/h2-5,10,13H,6-9H2,1H3,(H,17,18)/t10-,13-/m1/s1. The van der Waals surface area contributed by atoms with E-state index in [-0.39, 0.29) is 5.82 Å². The third-order valence-corrected chi connectivity index (χ3v) is 3.59. The first-order chi connectivity index (χ1) is 8.58. The number of carbonyl (C=O) groups is 1. The van der Waals surface area contributed by atoms with Crippen LogP contribution >= 0.6 is 0 Å². The van der Waals surface area contributed by atoms with Crippen molar-refractivity contribution in [1.82, 2.24) is 4.90 Å². The minimum atomic E-state index is -0.808. The van der Waals surface area contributed by atoms with E-state index in [1.54, 1.807) is 18.2 Å². The molecule has 0 radical (unpaired) electrons. The fourth-order valence-corrected chi connectivity index (χ4v) is 2.48. The molecule has 3 nitrogen and oxygen atoms in total. The Morgan fingerprint density at radius 2 is 2.22 bits per heavy atom. The van der Waals surface area contributed by atoms with E-state index in [1.165, 1.54) is 6.07 Å². The second-order valence-corrected chi connectivity index (χ2v) is 5.05. The molecule has 1 N–H and O–H groups in total. The number of hydrogen-bond donors (Lipinski definition) is 1. The maximum absolute atomic E-state index is 13.6. The molecule has 1 aromatic rings. The van der Waals surface area contributed by atoms with Crippen LogP contribution in [0.4, 0.5) is 4.39 Å². The van der Waals surface area contributed by atoms with Crippen molar-refractivity contribution in [2.75, 3.05) is 6.54 Å². The molecule has 1 aromatic carbocycles. The summed E-state index contributed by atoms with van der Waals surface area (Å²) in [4.78, 5) is 13.1. The van der Waals surface area contributed by atoms with Gasteiger partial charge in [-0.25, -0.2) is 4.39 Å². The predicted molar refractivity (Wildman–Crippen MR) is 66.6 cm³/mol. The van der Waals surface area contributed by atoms with Gasteiger partial charge in [0.05, 0.1) is 0 Å². The van der Waals surface area contributed by atoms with Gasteiger partial charge >= 0.3 is 5.97 Å². The van der Waals surface area contributed by atoms with Gasteiger partial charge in [-0.3, -0.25) is 9.69 Å². The van der Waals surface area contributed by atoms with Crippen molar-refractivity contribution >= 4 is 5.97 Å². The molecule has 0 amide bonds. The number of carboxylic acids is 1. The Kier molecular flexibility index (Phi) is 3.97. The molecule has 1 saturated heterocycles. The maximum Gasteiger partial charge on any atom is 0.320 e. The van der Waals surface area contributed by atoms with Crippen molar-refractivity contribution < 1.29 is 14.3 Å².